The van der Waals surface area contributed by atoms with Crippen molar-refractivity contribution in [1.82, 2.24) is 19.6 Å². The van der Waals surface area contributed by atoms with E-state index in [-0.39, 0.29) is 11.9 Å². The number of rotatable bonds is 2. The Bertz CT molecular complexity index is 752. The van der Waals surface area contributed by atoms with Gasteiger partial charge in [0.25, 0.3) is 5.91 Å². The Labute approximate surface area is 144 Å². The Morgan fingerprint density at radius 3 is 2.46 bits per heavy atom. The van der Waals surface area contributed by atoms with E-state index in [2.05, 4.69) is 10.4 Å². The first kappa shape index (κ1) is 16.3. The van der Waals surface area contributed by atoms with Gasteiger partial charge in [-0.15, -0.1) is 0 Å². The van der Waals surface area contributed by atoms with Crippen molar-refractivity contribution in [3.8, 4) is 0 Å². The van der Waals surface area contributed by atoms with Crippen LogP contribution < -0.4 is 5.32 Å². The molecule has 3 rings (SSSR count). The lowest BCUT2D eigenvalue weighted by molar-refractivity contribution is 0.0671. The van der Waals surface area contributed by atoms with Crippen molar-refractivity contribution in [3.05, 3.63) is 47.1 Å². The fourth-order valence-corrected chi connectivity index (χ4v) is 2.79. The number of aromatic nitrogens is 2. The number of carbonyl (C=O) groups excluding carboxylic acids is 2. The molecular weight excluding hydrogens is 330 g/mol. The van der Waals surface area contributed by atoms with Crippen LogP contribution in [0.15, 0.2) is 36.5 Å². The van der Waals surface area contributed by atoms with E-state index in [1.165, 1.54) is 0 Å². The van der Waals surface area contributed by atoms with E-state index >= 15 is 0 Å². The summed E-state index contributed by atoms with van der Waals surface area (Å²) < 4.78 is 1.59. The zero-order chi connectivity index (χ0) is 17.1. The van der Waals surface area contributed by atoms with Crippen LogP contribution in [-0.4, -0.2) is 57.7 Å². The molecule has 0 spiro atoms. The van der Waals surface area contributed by atoms with E-state index in [1.54, 1.807) is 58.1 Å². The smallest absolute Gasteiger partial charge is 0.323 e. The van der Waals surface area contributed by atoms with Crippen LogP contribution in [0.25, 0.3) is 0 Å². The number of hydrogen-bond acceptors (Lipinski definition) is 3. The van der Waals surface area contributed by atoms with Crippen molar-refractivity contribution in [2.45, 2.75) is 0 Å². The molecule has 2 heterocycles. The highest BCUT2D eigenvalue weighted by atomic mass is 35.5. The SMILES string of the molecule is Cn1nccc1NC(=O)N1CCN(C(=O)c2cccc(Cl)c2)CC1. The summed E-state index contributed by atoms with van der Waals surface area (Å²) in [5.74, 6) is 0.571. The molecule has 0 unspecified atom stereocenters. The third kappa shape index (κ3) is 3.51. The summed E-state index contributed by atoms with van der Waals surface area (Å²) in [5.41, 5.74) is 0.565. The fourth-order valence-electron chi connectivity index (χ4n) is 2.60. The molecule has 1 aromatic carbocycles. The number of urea groups is 1. The maximum Gasteiger partial charge on any atom is 0.323 e. The van der Waals surface area contributed by atoms with E-state index in [1.807, 2.05) is 0 Å². The molecule has 0 atom stereocenters. The molecule has 0 radical (unpaired) electrons. The van der Waals surface area contributed by atoms with Crippen molar-refractivity contribution in [1.29, 1.82) is 0 Å². The second-order valence-corrected chi connectivity index (χ2v) is 6.00. The van der Waals surface area contributed by atoms with Crippen LogP contribution in [0.2, 0.25) is 5.02 Å². The van der Waals surface area contributed by atoms with Crippen molar-refractivity contribution < 1.29 is 9.59 Å². The minimum atomic E-state index is -0.187. The molecule has 1 aliphatic rings. The second-order valence-electron chi connectivity index (χ2n) is 5.56. The highest BCUT2D eigenvalue weighted by Crippen LogP contribution is 2.14. The van der Waals surface area contributed by atoms with Crippen LogP contribution >= 0.6 is 11.6 Å². The molecule has 1 saturated heterocycles. The van der Waals surface area contributed by atoms with Gasteiger partial charge in [-0.05, 0) is 18.2 Å². The minimum Gasteiger partial charge on any atom is -0.335 e. The van der Waals surface area contributed by atoms with Gasteiger partial charge in [0.2, 0.25) is 0 Å². The fraction of sp³-hybridized carbons (Fsp3) is 0.312. The van der Waals surface area contributed by atoms with Gasteiger partial charge in [-0.3, -0.25) is 14.8 Å². The quantitative estimate of drug-likeness (QED) is 0.904. The number of hydrogen-bond donors (Lipinski definition) is 1. The highest BCUT2D eigenvalue weighted by molar-refractivity contribution is 6.30. The average molecular weight is 348 g/mol. The van der Waals surface area contributed by atoms with Gasteiger partial charge in [-0.1, -0.05) is 17.7 Å². The van der Waals surface area contributed by atoms with Gasteiger partial charge in [0.05, 0.1) is 6.20 Å². The summed E-state index contributed by atoms with van der Waals surface area (Å²) in [6.45, 7) is 1.94. The zero-order valence-electron chi connectivity index (χ0n) is 13.3. The van der Waals surface area contributed by atoms with Crippen LogP contribution in [0.3, 0.4) is 0 Å². The lowest BCUT2D eigenvalue weighted by Crippen LogP contribution is -2.51. The maximum atomic E-state index is 12.5. The van der Waals surface area contributed by atoms with Crippen molar-refractivity contribution >= 4 is 29.4 Å². The molecule has 1 N–H and O–H groups in total. The molecule has 0 aliphatic carbocycles. The summed E-state index contributed by atoms with van der Waals surface area (Å²) in [4.78, 5) is 28.2. The molecule has 2 aromatic rings. The molecule has 7 nitrogen and oxygen atoms in total. The normalized spacial score (nSPS) is 14.6. The Morgan fingerprint density at radius 1 is 1.12 bits per heavy atom. The van der Waals surface area contributed by atoms with Gasteiger partial charge >= 0.3 is 6.03 Å². The van der Waals surface area contributed by atoms with Crippen LogP contribution in [0, 0.1) is 0 Å². The van der Waals surface area contributed by atoms with E-state index in [0.29, 0.717) is 42.6 Å². The Kier molecular flexibility index (Phi) is 4.71. The number of nitrogens with zero attached hydrogens (tertiary/aromatic N) is 4. The number of halogens is 1. The molecule has 1 aliphatic heterocycles. The van der Waals surface area contributed by atoms with E-state index in [0.717, 1.165) is 0 Å². The van der Waals surface area contributed by atoms with Crippen LogP contribution in [0.5, 0.6) is 0 Å². The second kappa shape index (κ2) is 6.92. The number of aryl methyl sites for hydroxylation is 1. The molecule has 0 bridgehead atoms. The molecule has 1 fully saturated rings. The zero-order valence-corrected chi connectivity index (χ0v) is 14.0. The van der Waals surface area contributed by atoms with E-state index in [4.69, 9.17) is 11.6 Å². The molecule has 0 saturated carbocycles. The number of carbonyl (C=O) groups is 2. The highest BCUT2D eigenvalue weighted by Gasteiger charge is 2.25. The van der Waals surface area contributed by atoms with Crippen LogP contribution in [0.1, 0.15) is 10.4 Å². The third-order valence-corrected chi connectivity index (χ3v) is 4.22. The lowest BCUT2D eigenvalue weighted by Gasteiger charge is -2.34. The van der Waals surface area contributed by atoms with Crippen LogP contribution in [-0.2, 0) is 7.05 Å². The Hall–Kier alpha value is -2.54. The van der Waals surface area contributed by atoms with Gasteiger partial charge < -0.3 is 9.80 Å². The lowest BCUT2D eigenvalue weighted by atomic mass is 10.2. The summed E-state index contributed by atoms with van der Waals surface area (Å²) in [6, 6.07) is 8.44. The standard InChI is InChI=1S/C16H18ClN5O2/c1-20-14(5-6-18-20)19-16(24)22-9-7-21(8-10-22)15(23)12-3-2-4-13(17)11-12/h2-6,11H,7-10H2,1H3,(H,19,24). The topological polar surface area (TPSA) is 70.5 Å². The first-order valence-corrected chi connectivity index (χ1v) is 8.01. The summed E-state index contributed by atoms with van der Waals surface area (Å²) >= 11 is 5.93. The van der Waals surface area contributed by atoms with Crippen molar-refractivity contribution in [3.63, 3.8) is 0 Å². The summed E-state index contributed by atoms with van der Waals surface area (Å²) in [6.07, 6.45) is 1.62. The molecule has 24 heavy (non-hydrogen) atoms. The Balaban J connectivity index is 1.56. The summed E-state index contributed by atoms with van der Waals surface area (Å²) in [7, 11) is 1.76. The molecule has 8 heteroatoms. The predicted octanol–water partition coefficient (Wildman–Crippen LogP) is 2.06. The van der Waals surface area contributed by atoms with Crippen LogP contribution in [0.4, 0.5) is 10.6 Å². The first-order valence-electron chi connectivity index (χ1n) is 7.63. The number of piperazine rings is 1. The number of nitrogens with one attached hydrogen (secondary N) is 1. The number of benzene rings is 1. The van der Waals surface area contributed by atoms with Gasteiger partial charge in [0, 0.05) is 49.9 Å². The van der Waals surface area contributed by atoms with Crippen molar-refractivity contribution in [2.24, 2.45) is 7.05 Å². The average Bonchev–Trinajstić information content (AvgIpc) is 2.99. The van der Waals surface area contributed by atoms with E-state index in [9.17, 15) is 9.59 Å². The Morgan fingerprint density at radius 2 is 1.83 bits per heavy atom. The largest absolute Gasteiger partial charge is 0.335 e. The van der Waals surface area contributed by atoms with Gasteiger partial charge in [0.1, 0.15) is 5.82 Å². The molecule has 1 aromatic heterocycles. The number of anilines is 1. The summed E-state index contributed by atoms with van der Waals surface area (Å²) in [5, 5.41) is 7.36. The molecular formula is C16H18ClN5O2. The molecule has 126 valence electrons. The van der Waals surface area contributed by atoms with Gasteiger partial charge in [-0.2, -0.15) is 5.10 Å². The maximum absolute atomic E-state index is 12.5. The van der Waals surface area contributed by atoms with Gasteiger partial charge in [0.15, 0.2) is 0 Å². The number of amides is 3. The third-order valence-electron chi connectivity index (χ3n) is 3.98. The van der Waals surface area contributed by atoms with E-state index < -0.39 is 0 Å². The first-order chi connectivity index (χ1) is 11.5. The van der Waals surface area contributed by atoms with Crippen molar-refractivity contribution in [2.75, 3.05) is 31.5 Å². The minimum absolute atomic E-state index is 0.0656. The predicted molar refractivity (Wildman–Crippen MR) is 91.2 cm³/mol. The monoisotopic (exact) mass is 347 g/mol. The van der Waals surface area contributed by atoms with Gasteiger partial charge in [-0.25, -0.2) is 4.79 Å². The molecule has 3 amide bonds.